The van der Waals surface area contributed by atoms with E-state index in [2.05, 4.69) is 6.07 Å². The van der Waals surface area contributed by atoms with E-state index < -0.39 is 0 Å². The van der Waals surface area contributed by atoms with Gasteiger partial charge in [0.2, 0.25) is 0 Å². The number of hydrogen-bond acceptors (Lipinski definition) is 3. The minimum Gasteiger partial charge on any atom is -0.496 e. The average molecular weight is 281 g/mol. The zero-order valence-electron chi connectivity index (χ0n) is 12.4. The van der Waals surface area contributed by atoms with Gasteiger partial charge in [-0.1, -0.05) is 35.9 Å². The molecule has 0 saturated heterocycles. The molecule has 0 bridgehead atoms. The first-order valence-corrected chi connectivity index (χ1v) is 6.96. The molecule has 21 heavy (non-hydrogen) atoms. The molecule has 1 unspecified atom stereocenters. The summed E-state index contributed by atoms with van der Waals surface area (Å²) in [4.78, 5) is 0. The number of hydrogen-bond donors (Lipinski definition) is 0. The van der Waals surface area contributed by atoms with Gasteiger partial charge < -0.3 is 9.47 Å². The fraction of sp³-hybridized carbons (Fsp3) is 0.278. The molecule has 0 aromatic heterocycles. The topological polar surface area (TPSA) is 42.2 Å². The quantitative estimate of drug-likeness (QED) is 0.801. The van der Waals surface area contributed by atoms with E-state index in [4.69, 9.17) is 9.47 Å². The van der Waals surface area contributed by atoms with Crippen LogP contribution in [-0.2, 0) is 0 Å². The molecule has 0 saturated carbocycles. The van der Waals surface area contributed by atoms with Crippen LogP contribution in [0.4, 0.5) is 0 Å². The predicted molar refractivity (Wildman–Crippen MR) is 82.6 cm³/mol. The highest BCUT2D eigenvalue weighted by molar-refractivity contribution is 5.39. The van der Waals surface area contributed by atoms with E-state index in [-0.39, 0.29) is 5.92 Å². The summed E-state index contributed by atoms with van der Waals surface area (Å²) in [6, 6.07) is 17.9. The van der Waals surface area contributed by atoms with E-state index in [1.807, 2.05) is 55.5 Å². The van der Waals surface area contributed by atoms with Crippen LogP contribution in [0, 0.1) is 18.3 Å². The Morgan fingerprint density at radius 2 is 1.81 bits per heavy atom. The Morgan fingerprint density at radius 1 is 1.10 bits per heavy atom. The Hall–Kier alpha value is -2.47. The van der Waals surface area contributed by atoms with E-state index in [9.17, 15) is 5.26 Å². The fourth-order valence-corrected chi connectivity index (χ4v) is 2.17. The third-order valence-corrected chi connectivity index (χ3v) is 3.37. The van der Waals surface area contributed by atoms with Gasteiger partial charge in [0.1, 0.15) is 11.5 Å². The Kier molecular flexibility index (Phi) is 5.22. The van der Waals surface area contributed by atoms with Crippen LogP contribution in [0.1, 0.15) is 23.5 Å². The summed E-state index contributed by atoms with van der Waals surface area (Å²) in [7, 11) is 1.62. The molecule has 108 valence electrons. The molecule has 3 nitrogen and oxygen atoms in total. The standard InChI is InChI=1S/C18H19NO2/c1-14-7-9-16(10-8-14)21-12-11-15(13-19)17-5-3-4-6-18(17)20-2/h3-10,15H,11-12H2,1-2H3. The number of aryl methyl sites for hydroxylation is 1. The second-order valence-electron chi connectivity index (χ2n) is 4.87. The lowest BCUT2D eigenvalue weighted by Gasteiger charge is -2.14. The highest BCUT2D eigenvalue weighted by atomic mass is 16.5. The van der Waals surface area contributed by atoms with E-state index in [1.54, 1.807) is 7.11 Å². The normalized spacial score (nSPS) is 11.5. The summed E-state index contributed by atoms with van der Waals surface area (Å²) >= 11 is 0. The summed E-state index contributed by atoms with van der Waals surface area (Å²) in [5.74, 6) is 1.35. The van der Waals surface area contributed by atoms with Crippen LogP contribution in [0.2, 0.25) is 0 Å². The first kappa shape index (κ1) is 14.9. The zero-order chi connectivity index (χ0) is 15.1. The molecule has 3 heteroatoms. The number of benzene rings is 2. The van der Waals surface area contributed by atoms with Crippen LogP contribution in [0.3, 0.4) is 0 Å². The summed E-state index contributed by atoms with van der Waals surface area (Å²) in [6.07, 6.45) is 0.630. The largest absolute Gasteiger partial charge is 0.496 e. The van der Waals surface area contributed by atoms with Crippen LogP contribution in [0.15, 0.2) is 48.5 Å². The van der Waals surface area contributed by atoms with Crippen molar-refractivity contribution in [2.24, 2.45) is 0 Å². The third kappa shape index (κ3) is 4.00. The van der Waals surface area contributed by atoms with Crippen molar-refractivity contribution in [3.05, 3.63) is 59.7 Å². The molecule has 0 aliphatic carbocycles. The summed E-state index contributed by atoms with van der Waals surface area (Å²) in [5.41, 5.74) is 2.11. The molecule has 0 heterocycles. The molecule has 0 spiro atoms. The van der Waals surface area contributed by atoms with E-state index in [0.29, 0.717) is 13.0 Å². The molecular weight excluding hydrogens is 262 g/mol. The van der Waals surface area contributed by atoms with Gasteiger partial charge in [0.25, 0.3) is 0 Å². The van der Waals surface area contributed by atoms with Crippen molar-refractivity contribution in [3.63, 3.8) is 0 Å². The van der Waals surface area contributed by atoms with Gasteiger partial charge in [-0.2, -0.15) is 5.26 Å². The maximum absolute atomic E-state index is 9.37. The molecular formula is C18H19NO2. The lowest BCUT2D eigenvalue weighted by Crippen LogP contribution is -2.06. The summed E-state index contributed by atoms with van der Waals surface area (Å²) in [5, 5.41) is 9.37. The molecule has 2 rings (SSSR count). The van der Waals surface area contributed by atoms with Crippen molar-refractivity contribution in [2.75, 3.05) is 13.7 Å². The Bertz CT molecular complexity index is 614. The van der Waals surface area contributed by atoms with Crippen LogP contribution in [-0.4, -0.2) is 13.7 Å². The molecule has 1 atom stereocenters. The summed E-state index contributed by atoms with van der Waals surface area (Å²) in [6.45, 7) is 2.54. The van der Waals surface area contributed by atoms with Gasteiger partial charge in [-0.25, -0.2) is 0 Å². The molecule has 0 aliphatic heterocycles. The molecule has 0 aliphatic rings. The van der Waals surface area contributed by atoms with Gasteiger partial charge in [-0.3, -0.25) is 0 Å². The van der Waals surface area contributed by atoms with Crippen LogP contribution < -0.4 is 9.47 Å². The zero-order valence-corrected chi connectivity index (χ0v) is 12.4. The van der Waals surface area contributed by atoms with Gasteiger partial charge in [0.15, 0.2) is 0 Å². The first-order valence-electron chi connectivity index (χ1n) is 6.96. The Morgan fingerprint density at radius 3 is 2.48 bits per heavy atom. The number of ether oxygens (including phenoxy) is 2. The van der Waals surface area contributed by atoms with Crippen LogP contribution in [0.5, 0.6) is 11.5 Å². The Balaban J connectivity index is 1.97. The molecule has 0 radical (unpaired) electrons. The SMILES string of the molecule is COc1ccccc1C(C#N)CCOc1ccc(C)cc1. The van der Waals surface area contributed by atoms with E-state index >= 15 is 0 Å². The van der Waals surface area contributed by atoms with Gasteiger partial charge in [-0.05, 0) is 25.1 Å². The molecule has 0 N–H and O–H groups in total. The highest BCUT2D eigenvalue weighted by Crippen LogP contribution is 2.28. The average Bonchev–Trinajstić information content (AvgIpc) is 2.53. The predicted octanol–water partition coefficient (Wildman–Crippen LogP) is 4.08. The van der Waals surface area contributed by atoms with Crippen LogP contribution >= 0.6 is 0 Å². The van der Waals surface area contributed by atoms with Crippen molar-refractivity contribution in [2.45, 2.75) is 19.3 Å². The summed E-state index contributed by atoms with van der Waals surface area (Å²) < 4.78 is 11.0. The smallest absolute Gasteiger partial charge is 0.123 e. The maximum atomic E-state index is 9.37. The lowest BCUT2D eigenvalue weighted by atomic mass is 9.97. The number of methoxy groups -OCH3 is 1. The van der Waals surface area contributed by atoms with Crippen molar-refractivity contribution >= 4 is 0 Å². The third-order valence-electron chi connectivity index (χ3n) is 3.37. The van der Waals surface area contributed by atoms with Crippen molar-refractivity contribution < 1.29 is 9.47 Å². The van der Waals surface area contributed by atoms with Gasteiger partial charge in [0.05, 0.1) is 25.7 Å². The van der Waals surface area contributed by atoms with E-state index in [1.165, 1.54) is 5.56 Å². The number of para-hydroxylation sites is 1. The number of nitrogens with zero attached hydrogens (tertiary/aromatic N) is 1. The van der Waals surface area contributed by atoms with E-state index in [0.717, 1.165) is 17.1 Å². The molecule has 0 amide bonds. The second kappa shape index (κ2) is 7.35. The van der Waals surface area contributed by atoms with Crippen molar-refractivity contribution in [1.82, 2.24) is 0 Å². The molecule has 0 fully saturated rings. The lowest BCUT2D eigenvalue weighted by molar-refractivity contribution is 0.304. The molecule has 2 aromatic carbocycles. The van der Waals surface area contributed by atoms with Gasteiger partial charge in [0, 0.05) is 12.0 Å². The maximum Gasteiger partial charge on any atom is 0.123 e. The Labute approximate surface area is 125 Å². The van der Waals surface area contributed by atoms with Crippen LogP contribution in [0.25, 0.3) is 0 Å². The number of rotatable bonds is 6. The van der Waals surface area contributed by atoms with Gasteiger partial charge in [-0.15, -0.1) is 0 Å². The first-order chi connectivity index (χ1) is 10.2. The minimum atomic E-state index is -0.230. The fourth-order valence-electron chi connectivity index (χ4n) is 2.17. The van der Waals surface area contributed by atoms with Crippen molar-refractivity contribution in [3.8, 4) is 17.6 Å². The second-order valence-corrected chi connectivity index (χ2v) is 4.87. The molecule has 2 aromatic rings. The monoisotopic (exact) mass is 281 g/mol. The highest BCUT2D eigenvalue weighted by Gasteiger charge is 2.15. The number of nitriles is 1. The van der Waals surface area contributed by atoms with Crippen molar-refractivity contribution in [1.29, 1.82) is 5.26 Å². The van der Waals surface area contributed by atoms with Gasteiger partial charge >= 0.3 is 0 Å². The minimum absolute atomic E-state index is 0.230.